The third-order valence-corrected chi connectivity index (χ3v) is 3.49. The van der Waals surface area contributed by atoms with Gasteiger partial charge in [0.1, 0.15) is 0 Å². The molecule has 1 aromatic rings. The zero-order valence-corrected chi connectivity index (χ0v) is 12.1. The summed E-state index contributed by atoms with van der Waals surface area (Å²) in [5.41, 5.74) is 7.34. The predicted octanol–water partition coefficient (Wildman–Crippen LogP) is 3.59. The minimum absolute atomic E-state index is 0.350. The summed E-state index contributed by atoms with van der Waals surface area (Å²) in [6.07, 6.45) is 3.83. The van der Waals surface area contributed by atoms with Crippen LogP contribution in [0.5, 0.6) is 0 Å². The molecule has 0 radical (unpaired) electrons. The Morgan fingerprint density at radius 2 is 1.78 bits per heavy atom. The molecule has 0 bridgehead atoms. The van der Waals surface area contributed by atoms with Gasteiger partial charge in [0.05, 0.1) is 0 Å². The van der Waals surface area contributed by atoms with Crippen LogP contribution in [-0.4, -0.2) is 24.0 Å². The highest BCUT2D eigenvalue weighted by Gasteiger charge is 2.20. The van der Waals surface area contributed by atoms with Crippen molar-refractivity contribution in [2.75, 3.05) is 13.1 Å². The molecule has 18 heavy (non-hydrogen) atoms. The van der Waals surface area contributed by atoms with Crippen molar-refractivity contribution in [1.29, 1.82) is 0 Å². The Bertz CT molecular complexity index is 308. The molecule has 1 rings (SSSR count). The van der Waals surface area contributed by atoms with Crippen LogP contribution in [0.15, 0.2) is 30.3 Å². The molecule has 0 saturated heterocycles. The zero-order chi connectivity index (χ0) is 13.4. The van der Waals surface area contributed by atoms with Gasteiger partial charge in [-0.15, -0.1) is 0 Å². The van der Waals surface area contributed by atoms with E-state index in [-0.39, 0.29) is 0 Å². The van der Waals surface area contributed by atoms with Crippen molar-refractivity contribution in [1.82, 2.24) is 4.90 Å². The molecule has 0 aliphatic heterocycles. The van der Waals surface area contributed by atoms with E-state index >= 15 is 0 Å². The van der Waals surface area contributed by atoms with Gasteiger partial charge in [0.25, 0.3) is 0 Å². The van der Waals surface area contributed by atoms with Gasteiger partial charge in [0.2, 0.25) is 0 Å². The lowest BCUT2D eigenvalue weighted by Gasteiger charge is -2.34. The predicted molar refractivity (Wildman–Crippen MR) is 79.6 cm³/mol. The Balaban J connectivity index is 2.74. The minimum Gasteiger partial charge on any atom is -0.329 e. The molecule has 0 spiro atoms. The van der Waals surface area contributed by atoms with Crippen molar-refractivity contribution in [3.8, 4) is 0 Å². The normalized spacial score (nSPS) is 13.2. The molecule has 0 amide bonds. The van der Waals surface area contributed by atoms with E-state index in [1.807, 2.05) is 0 Å². The SMILES string of the molecule is CCCCCN(C(C)C)C(CN)c1ccccc1. The van der Waals surface area contributed by atoms with Crippen LogP contribution in [-0.2, 0) is 0 Å². The molecule has 2 nitrogen and oxygen atoms in total. The van der Waals surface area contributed by atoms with Gasteiger partial charge in [-0.25, -0.2) is 0 Å². The summed E-state index contributed by atoms with van der Waals surface area (Å²) < 4.78 is 0. The number of benzene rings is 1. The van der Waals surface area contributed by atoms with Gasteiger partial charge in [-0.2, -0.15) is 0 Å². The van der Waals surface area contributed by atoms with E-state index in [1.165, 1.54) is 24.8 Å². The second kappa shape index (κ2) is 8.28. The summed E-state index contributed by atoms with van der Waals surface area (Å²) >= 11 is 0. The highest BCUT2D eigenvalue weighted by molar-refractivity contribution is 5.19. The van der Waals surface area contributed by atoms with Gasteiger partial charge in [-0.3, -0.25) is 4.90 Å². The third kappa shape index (κ3) is 4.43. The van der Waals surface area contributed by atoms with Crippen LogP contribution in [0.4, 0.5) is 0 Å². The van der Waals surface area contributed by atoms with Crippen molar-refractivity contribution in [2.24, 2.45) is 5.73 Å². The number of nitrogens with two attached hydrogens (primary N) is 1. The summed E-state index contributed by atoms with van der Waals surface area (Å²) in [7, 11) is 0. The van der Waals surface area contributed by atoms with Crippen LogP contribution in [0.3, 0.4) is 0 Å². The van der Waals surface area contributed by atoms with Crippen molar-refractivity contribution < 1.29 is 0 Å². The van der Waals surface area contributed by atoms with Crippen molar-refractivity contribution >= 4 is 0 Å². The fourth-order valence-electron chi connectivity index (χ4n) is 2.46. The summed E-state index contributed by atoms with van der Waals surface area (Å²) in [4.78, 5) is 2.53. The number of unbranched alkanes of at least 4 members (excludes halogenated alkanes) is 2. The number of hydrogen-bond acceptors (Lipinski definition) is 2. The van der Waals surface area contributed by atoms with Crippen LogP contribution >= 0.6 is 0 Å². The lowest BCUT2D eigenvalue weighted by atomic mass is 10.0. The first-order valence-electron chi connectivity index (χ1n) is 7.21. The average molecular weight is 248 g/mol. The lowest BCUT2D eigenvalue weighted by molar-refractivity contribution is 0.154. The average Bonchev–Trinajstić information content (AvgIpc) is 2.39. The van der Waals surface area contributed by atoms with Gasteiger partial charge >= 0.3 is 0 Å². The van der Waals surface area contributed by atoms with E-state index in [1.54, 1.807) is 0 Å². The maximum Gasteiger partial charge on any atom is 0.0473 e. The van der Waals surface area contributed by atoms with E-state index in [0.29, 0.717) is 18.6 Å². The molecule has 0 fully saturated rings. The van der Waals surface area contributed by atoms with E-state index in [0.717, 1.165) is 6.54 Å². The van der Waals surface area contributed by atoms with Crippen molar-refractivity contribution in [3.63, 3.8) is 0 Å². The lowest BCUT2D eigenvalue weighted by Crippen LogP contribution is -2.39. The molecule has 0 aliphatic carbocycles. The summed E-state index contributed by atoms with van der Waals surface area (Å²) in [5.74, 6) is 0. The molecule has 1 atom stereocenters. The second-order valence-electron chi connectivity index (χ2n) is 5.20. The zero-order valence-electron chi connectivity index (χ0n) is 12.1. The van der Waals surface area contributed by atoms with Gasteiger partial charge in [0.15, 0.2) is 0 Å². The molecule has 0 aromatic heterocycles. The Labute approximate surface area is 112 Å². The highest BCUT2D eigenvalue weighted by Crippen LogP contribution is 2.22. The van der Waals surface area contributed by atoms with Crippen molar-refractivity contribution in [2.45, 2.75) is 52.1 Å². The van der Waals surface area contributed by atoms with Gasteiger partial charge in [-0.1, -0.05) is 50.1 Å². The van der Waals surface area contributed by atoms with Crippen LogP contribution < -0.4 is 5.73 Å². The topological polar surface area (TPSA) is 29.3 Å². The molecule has 2 N–H and O–H groups in total. The summed E-state index contributed by atoms with van der Waals surface area (Å²) in [6.45, 7) is 8.60. The van der Waals surface area contributed by atoms with E-state index in [2.05, 4.69) is 56.0 Å². The Morgan fingerprint density at radius 1 is 1.11 bits per heavy atom. The number of rotatable bonds is 8. The molecule has 2 heteroatoms. The van der Waals surface area contributed by atoms with E-state index in [4.69, 9.17) is 5.73 Å². The van der Waals surface area contributed by atoms with Crippen LogP contribution in [0.25, 0.3) is 0 Å². The number of nitrogens with zero attached hydrogens (tertiary/aromatic N) is 1. The van der Waals surface area contributed by atoms with Crippen molar-refractivity contribution in [3.05, 3.63) is 35.9 Å². The highest BCUT2D eigenvalue weighted by atomic mass is 15.2. The Hall–Kier alpha value is -0.860. The molecule has 102 valence electrons. The maximum atomic E-state index is 6.01. The van der Waals surface area contributed by atoms with Crippen LogP contribution in [0.2, 0.25) is 0 Å². The fourth-order valence-corrected chi connectivity index (χ4v) is 2.46. The van der Waals surface area contributed by atoms with Crippen LogP contribution in [0.1, 0.15) is 51.6 Å². The second-order valence-corrected chi connectivity index (χ2v) is 5.20. The molecule has 0 saturated carbocycles. The van der Waals surface area contributed by atoms with Crippen LogP contribution in [0, 0.1) is 0 Å². The fraction of sp³-hybridized carbons (Fsp3) is 0.625. The first kappa shape index (κ1) is 15.2. The quantitative estimate of drug-likeness (QED) is 0.712. The summed E-state index contributed by atoms with van der Waals surface area (Å²) in [6, 6.07) is 11.5. The molecule has 1 aromatic carbocycles. The van der Waals surface area contributed by atoms with Gasteiger partial charge in [0, 0.05) is 18.6 Å². The minimum atomic E-state index is 0.350. The van der Waals surface area contributed by atoms with Gasteiger partial charge in [-0.05, 0) is 32.4 Å². The van der Waals surface area contributed by atoms with E-state index in [9.17, 15) is 0 Å². The molecule has 1 unspecified atom stereocenters. The number of hydrogen-bond donors (Lipinski definition) is 1. The first-order chi connectivity index (χ1) is 8.70. The van der Waals surface area contributed by atoms with Gasteiger partial charge < -0.3 is 5.73 Å². The molecule has 0 heterocycles. The monoisotopic (exact) mass is 248 g/mol. The Morgan fingerprint density at radius 3 is 2.28 bits per heavy atom. The Kier molecular flexibility index (Phi) is 6.99. The largest absolute Gasteiger partial charge is 0.329 e. The maximum absolute atomic E-state index is 6.01. The third-order valence-electron chi connectivity index (χ3n) is 3.49. The molecule has 0 aliphatic rings. The molecular weight excluding hydrogens is 220 g/mol. The van der Waals surface area contributed by atoms with E-state index < -0.39 is 0 Å². The first-order valence-corrected chi connectivity index (χ1v) is 7.21. The smallest absolute Gasteiger partial charge is 0.0473 e. The summed E-state index contributed by atoms with van der Waals surface area (Å²) in [5, 5.41) is 0. The molecular formula is C16H28N2. The standard InChI is InChI=1S/C16H28N2/c1-4-5-9-12-18(14(2)3)16(13-17)15-10-7-6-8-11-15/h6-8,10-11,14,16H,4-5,9,12-13,17H2,1-3H3.